The Hall–Kier alpha value is -3.49. The molecule has 5 aromatic rings. The summed E-state index contributed by atoms with van der Waals surface area (Å²) in [5.74, 6) is 0.712. The van der Waals surface area contributed by atoms with Gasteiger partial charge in [0, 0.05) is 28.4 Å². The maximum Gasteiger partial charge on any atom is 0.134 e. The van der Waals surface area contributed by atoms with Crippen molar-refractivity contribution in [3.05, 3.63) is 71.1 Å². The number of H-pyrrole nitrogens is 2. The van der Waals surface area contributed by atoms with Crippen LogP contribution in [0.5, 0.6) is 0 Å². The Labute approximate surface area is 180 Å². The zero-order chi connectivity index (χ0) is 20.7. The van der Waals surface area contributed by atoms with Crippen molar-refractivity contribution in [1.29, 1.82) is 0 Å². The largest absolute Gasteiger partial charge is 0.339 e. The summed E-state index contributed by atoms with van der Waals surface area (Å²) >= 11 is 7.64. The lowest BCUT2D eigenvalue weighted by molar-refractivity contribution is 1.09. The highest BCUT2D eigenvalue weighted by atomic mass is 35.5. The first-order valence-corrected chi connectivity index (χ1v) is 10.3. The summed E-state index contributed by atoms with van der Waals surface area (Å²) in [7, 11) is 0. The van der Waals surface area contributed by atoms with Crippen LogP contribution in [0.2, 0.25) is 4.34 Å². The van der Waals surface area contributed by atoms with Crippen molar-refractivity contribution in [3.63, 3.8) is 0 Å². The number of hydrogen-bond acceptors (Lipinski definition) is 6. The van der Waals surface area contributed by atoms with E-state index in [-0.39, 0.29) is 0 Å². The van der Waals surface area contributed by atoms with E-state index in [9.17, 15) is 0 Å². The van der Waals surface area contributed by atoms with Crippen LogP contribution >= 0.6 is 22.9 Å². The molecule has 0 radical (unpaired) electrons. The molecular weight excluding hydrogens is 418 g/mol. The summed E-state index contributed by atoms with van der Waals surface area (Å²) in [4.78, 5) is 10.3. The fourth-order valence-electron chi connectivity index (χ4n) is 3.25. The number of rotatable bonds is 5. The fourth-order valence-corrected chi connectivity index (χ4v) is 4.38. The van der Waals surface area contributed by atoms with E-state index in [1.165, 1.54) is 11.3 Å². The van der Waals surface area contributed by atoms with Gasteiger partial charge in [0.2, 0.25) is 0 Å². The first-order valence-electron chi connectivity index (χ1n) is 9.12. The third-order valence-electron chi connectivity index (χ3n) is 4.80. The second kappa shape index (κ2) is 7.40. The second-order valence-electron chi connectivity index (χ2n) is 6.69. The molecule has 0 aliphatic heterocycles. The first-order chi connectivity index (χ1) is 14.6. The number of aromatic amines is 2. The number of thiophene rings is 1. The van der Waals surface area contributed by atoms with Gasteiger partial charge in [-0.15, -0.1) is 11.3 Å². The molecule has 148 valence electrons. The standard InChI is InChI=1S/C21H16ClN7S/c1-11-14(17-5-6-18(22)30-17)7-8-23-21(11)26-12(2)19-20-16(28-29-19)4-3-15(27-20)13-9-24-25-10-13/h3-10H,2H2,1H3,(H,23,26)(H,24,25)(H,28,29). The molecule has 9 heteroatoms. The average molecular weight is 434 g/mol. The van der Waals surface area contributed by atoms with Crippen LogP contribution in [0.25, 0.3) is 38.4 Å². The number of halogens is 1. The van der Waals surface area contributed by atoms with Crippen molar-refractivity contribution < 1.29 is 0 Å². The lowest BCUT2D eigenvalue weighted by Crippen LogP contribution is -2.03. The Kier molecular flexibility index (Phi) is 4.57. The van der Waals surface area contributed by atoms with Gasteiger partial charge in [-0.3, -0.25) is 10.2 Å². The number of anilines is 1. The molecule has 0 amide bonds. The average Bonchev–Trinajstić information content (AvgIpc) is 3.49. The molecule has 0 saturated heterocycles. The summed E-state index contributed by atoms with van der Waals surface area (Å²) in [6.45, 7) is 6.19. The van der Waals surface area contributed by atoms with Gasteiger partial charge in [-0.1, -0.05) is 18.2 Å². The van der Waals surface area contributed by atoms with Crippen LogP contribution in [0.15, 0.2) is 55.5 Å². The van der Waals surface area contributed by atoms with E-state index in [0.717, 1.165) is 42.6 Å². The Morgan fingerprint density at radius 2 is 2.10 bits per heavy atom. The van der Waals surface area contributed by atoms with E-state index < -0.39 is 0 Å². The van der Waals surface area contributed by atoms with Gasteiger partial charge < -0.3 is 5.32 Å². The summed E-state index contributed by atoms with van der Waals surface area (Å²) in [5.41, 5.74) is 6.58. The van der Waals surface area contributed by atoms with Gasteiger partial charge in [-0.25, -0.2) is 9.97 Å². The highest BCUT2D eigenvalue weighted by Crippen LogP contribution is 2.35. The zero-order valence-corrected chi connectivity index (χ0v) is 17.5. The molecule has 5 heterocycles. The van der Waals surface area contributed by atoms with Crippen molar-refractivity contribution in [1.82, 2.24) is 30.4 Å². The minimum Gasteiger partial charge on any atom is -0.339 e. The minimum atomic E-state index is 0.607. The van der Waals surface area contributed by atoms with Crippen LogP contribution in [0.3, 0.4) is 0 Å². The predicted octanol–water partition coefficient (Wildman–Crippen LogP) is 5.52. The minimum absolute atomic E-state index is 0.607. The Morgan fingerprint density at radius 1 is 1.20 bits per heavy atom. The Balaban J connectivity index is 1.49. The summed E-state index contributed by atoms with van der Waals surface area (Å²) < 4.78 is 0.752. The van der Waals surface area contributed by atoms with Crippen LogP contribution in [0, 0.1) is 6.92 Å². The third kappa shape index (κ3) is 3.26. The van der Waals surface area contributed by atoms with Gasteiger partial charge >= 0.3 is 0 Å². The third-order valence-corrected chi connectivity index (χ3v) is 6.06. The number of pyridine rings is 2. The molecule has 0 aliphatic rings. The van der Waals surface area contributed by atoms with Gasteiger partial charge in [0.15, 0.2) is 0 Å². The molecule has 0 saturated carbocycles. The van der Waals surface area contributed by atoms with Gasteiger partial charge in [-0.2, -0.15) is 10.2 Å². The summed E-state index contributed by atoms with van der Waals surface area (Å²) in [5, 5.41) is 17.5. The summed E-state index contributed by atoms with van der Waals surface area (Å²) in [6, 6.07) is 9.75. The van der Waals surface area contributed by atoms with Crippen LogP contribution in [-0.4, -0.2) is 30.4 Å². The number of aromatic nitrogens is 6. The molecule has 0 fully saturated rings. The van der Waals surface area contributed by atoms with E-state index in [4.69, 9.17) is 16.6 Å². The number of hydrogen-bond donors (Lipinski definition) is 3. The van der Waals surface area contributed by atoms with E-state index in [2.05, 4.69) is 37.3 Å². The van der Waals surface area contributed by atoms with Crippen molar-refractivity contribution in [2.45, 2.75) is 6.92 Å². The van der Waals surface area contributed by atoms with Gasteiger partial charge in [0.1, 0.15) is 17.0 Å². The van der Waals surface area contributed by atoms with E-state index in [1.54, 1.807) is 18.6 Å². The molecule has 0 unspecified atom stereocenters. The monoisotopic (exact) mass is 433 g/mol. The molecule has 3 N–H and O–H groups in total. The van der Waals surface area contributed by atoms with E-state index in [1.807, 2.05) is 37.3 Å². The Bertz CT molecular complexity index is 1370. The molecule has 0 bridgehead atoms. The highest BCUT2D eigenvalue weighted by Gasteiger charge is 2.15. The van der Waals surface area contributed by atoms with Gasteiger partial charge in [-0.05, 0) is 42.8 Å². The van der Waals surface area contributed by atoms with Crippen molar-refractivity contribution in [2.75, 3.05) is 5.32 Å². The van der Waals surface area contributed by atoms with Crippen molar-refractivity contribution in [3.8, 4) is 21.7 Å². The fraction of sp³-hybridized carbons (Fsp3) is 0.0476. The van der Waals surface area contributed by atoms with Crippen LogP contribution < -0.4 is 5.32 Å². The molecular formula is C21H16ClN7S. The molecule has 0 spiro atoms. The molecule has 0 aromatic carbocycles. The quantitative estimate of drug-likeness (QED) is 0.339. The molecule has 30 heavy (non-hydrogen) atoms. The maximum absolute atomic E-state index is 6.11. The van der Waals surface area contributed by atoms with Crippen LogP contribution in [0.4, 0.5) is 5.82 Å². The van der Waals surface area contributed by atoms with Crippen LogP contribution in [0.1, 0.15) is 11.3 Å². The lowest BCUT2D eigenvalue weighted by atomic mass is 10.1. The molecule has 0 aliphatic carbocycles. The molecule has 0 atom stereocenters. The SMILES string of the molecule is C=C(Nc1nccc(-c2ccc(Cl)s2)c1C)c1n[nH]c2ccc(-c3cn[nH]c3)nc12. The number of nitrogens with zero attached hydrogens (tertiary/aromatic N) is 4. The van der Waals surface area contributed by atoms with E-state index >= 15 is 0 Å². The second-order valence-corrected chi connectivity index (χ2v) is 8.41. The normalized spacial score (nSPS) is 11.1. The highest BCUT2D eigenvalue weighted by molar-refractivity contribution is 7.19. The van der Waals surface area contributed by atoms with Crippen molar-refractivity contribution in [2.24, 2.45) is 0 Å². The van der Waals surface area contributed by atoms with Gasteiger partial charge in [0.25, 0.3) is 0 Å². The molecule has 7 nitrogen and oxygen atoms in total. The summed E-state index contributed by atoms with van der Waals surface area (Å²) in [6.07, 6.45) is 5.30. The lowest BCUT2D eigenvalue weighted by Gasteiger charge is -2.12. The van der Waals surface area contributed by atoms with E-state index in [0.29, 0.717) is 17.2 Å². The maximum atomic E-state index is 6.11. The van der Waals surface area contributed by atoms with Gasteiger partial charge in [0.05, 0.1) is 27.4 Å². The number of nitrogens with one attached hydrogen (secondary N) is 3. The topological polar surface area (TPSA) is 95.2 Å². The smallest absolute Gasteiger partial charge is 0.134 e. The molecule has 5 aromatic heterocycles. The Morgan fingerprint density at radius 3 is 2.87 bits per heavy atom. The van der Waals surface area contributed by atoms with Crippen LogP contribution in [-0.2, 0) is 0 Å². The molecule has 5 rings (SSSR count). The predicted molar refractivity (Wildman–Crippen MR) is 121 cm³/mol. The first kappa shape index (κ1) is 18.5. The number of fused-ring (bicyclic) bond motifs is 1. The zero-order valence-electron chi connectivity index (χ0n) is 15.9. The van der Waals surface area contributed by atoms with Crippen molar-refractivity contribution >= 4 is 45.5 Å².